The molecule has 0 bridgehead atoms. The Kier molecular flexibility index (Phi) is 4.50. The number of hydrogen-bond acceptors (Lipinski definition) is 3. The normalized spacial score (nSPS) is 10.0. The van der Waals surface area contributed by atoms with Gasteiger partial charge in [0.1, 0.15) is 5.82 Å². The van der Waals surface area contributed by atoms with Crippen LogP contribution in [-0.2, 0) is 6.54 Å². The summed E-state index contributed by atoms with van der Waals surface area (Å²) >= 11 is 1.12. The van der Waals surface area contributed by atoms with E-state index >= 15 is 0 Å². The second-order valence-electron chi connectivity index (χ2n) is 3.87. The maximum Gasteiger partial charge on any atom is 0.307 e. The van der Waals surface area contributed by atoms with Crippen LogP contribution < -0.4 is 4.87 Å². The van der Waals surface area contributed by atoms with Crippen molar-refractivity contribution in [1.82, 2.24) is 4.57 Å². The SMILES string of the molecule is O=c1sccn1Cc1ccc(F)cc1C#CCCO. The third kappa shape index (κ3) is 3.53. The monoisotopic (exact) mass is 277 g/mol. The molecule has 19 heavy (non-hydrogen) atoms. The first-order valence-electron chi connectivity index (χ1n) is 5.73. The zero-order chi connectivity index (χ0) is 13.7. The van der Waals surface area contributed by atoms with Crippen LogP contribution in [0.5, 0.6) is 0 Å². The van der Waals surface area contributed by atoms with E-state index in [0.717, 1.165) is 16.9 Å². The largest absolute Gasteiger partial charge is 0.395 e. The van der Waals surface area contributed by atoms with Crippen molar-refractivity contribution in [3.05, 3.63) is 56.4 Å². The molecule has 0 fully saturated rings. The van der Waals surface area contributed by atoms with Gasteiger partial charge in [0.15, 0.2) is 0 Å². The molecule has 1 aromatic heterocycles. The Hall–Kier alpha value is -1.90. The molecule has 98 valence electrons. The van der Waals surface area contributed by atoms with E-state index in [4.69, 9.17) is 5.11 Å². The fourth-order valence-corrected chi connectivity index (χ4v) is 2.19. The lowest BCUT2D eigenvalue weighted by Gasteiger charge is -2.05. The van der Waals surface area contributed by atoms with Gasteiger partial charge in [-0.2, -0.15) is 0 Å². The van der Waals surface area contributed by atoms with E-state index in [9.17, 15) is 9.18 Å². The summed E-state index contributed by atoms with van der Waals surface area (Å²) in [6.45, 7) is 0.341. The predicted molar refractivity (Wildman–Crippen MR) is 72.7 cm³/mol. The first-order valence-corrected chi connectivity index (χ1v) is 6.61. The highest BCUT2D eigenvalue weighted by molar-refractivity contribution is 7.07. The fraction of sp³-hybridized carbons (Fsp3) is 0.214. The Balaban J connectivity index is 2.32. The van der Waals surface area contributed by atoms with Crippen LogP contribution >= 0.6 is 11.3 Å². The van der Waals surface area contributed by atoms with Gasteiger partial charge in [0, 0.05) is 23.6 Å². The van der Waals surface area contributed by atoms with Gasteiger partial charge in [0.05, 0.1) is 13.2 Å². The van der Waals surface area contributed by atoms with E-state index in [-0.39, 0.29) is 17.3 Å². The van der Waals surface area contributed by atoms with E-state index in [1.807, 2.05) is 0 Å². The minimum absolute atomic E-state index is 0.0262. The summed E-state index contributed by atoms with van der Waals surface area (Å²) in [6, 6.07) is 4.32. The summed E-state index contributed by atoms with van der Waals surface area (Å²) < 4.78 is 14.8. The number of hydrogen-bond donors (Lipinski definition) is 1. The molecule has 0 radical (unpaired) electrons. The first kappa shape index (κ1) is 13.5. The third-order valence-electron chi connectivity index (χ3n) is 2.52. The van der Waals surface area contributed by atoms with Crippen molar-refractivity contribution in [3.8, 4) is 11.8 Å². The molecule has 1 N–H and O–H groups in total. The molecule has 5 heteroatoms. The highest BCUT2D eigenvalue weighted by Gasteiger charge is 2.05. The second-order valence-corrected chi connectivity index (χ2v) is 4.73. The van der Waals surface area contributed by atoms with Crippen molar-refractivity contribution in [1.29, 1.82) is 0 Å². The Bertz CT molecular complexity index is 678. The zero-order valence-electron chi connectivity index (χ0n) is 10.1. The van der Waals surface area contributed by atoms with Crippen LogP contribution in [0.2, 0.25) is 0 Å². The van der Waals surface area contributed by atoms with E-state index in [0.29, 0.717) is 18.5 Å². The molecular formula is C14H12FNO2S. The molecule has 0 unspecified atom stereocenters. The summed E-state index contributed by atoms with van der Waals surface area (Å²) in [6.07, 6.45) is 2.04. The van der Waals surface area contributed by atoms with Crippen molar-refractivity contribution in [3.63, 3.8) is 0 Å². The first-order chi connectivity index (χ1) is 9.20. The Morgan fingerprint density at radius 2 is 2.26 bits per heavy atom. The lowest BCUT2D eigenvalue weighted by atomic mass is 10.1. The van der Waals surface area contributed by atoms with Crippen LogP contribution in [-0.4, -0.2) is 16.3 Å². The minimum Gasteiger partial charge on any atom is -0.395 e. The van der Waals surface area contributed by atoms with Crippen molar-refractivity contribution < 1.29 is 9.50 Å². The van der Waals surface area contributed by atoms with Gasteiger partial charge in [0.2, 0.25) is 0 Å². The smallest absolute Gasteiger partial charge is 0.307 e. The van der Waals surface area contributed by atoms with Crippen LogP contribution in [0.1, 0.15) is 17.5 Å². The average Bonchev–Trinajstić information content (AvgIpc) is 2.78. The molecule has 0 aliphatic carbocycles. The number of aromatic nitrogens is 1. The van der Waals surface area contributed by atoms with Crippen molar-refractivity contribution in [2.75, 3.05) is 6.61 Å². The summed E-state index contributed by atoms with van der Waals surface area (Å²) in [7, 11) is 0. The average molecular weight is 277 g/mol. The minimum atomic E-state index is -0.366. The molecule has 1 aromatic carbocycles. The molecule has 1 heterocycles. The summed E-state index contributed by atoms with van der Waals surface area (Å²) in [5, 5.41) is 10.4. The number of thiazole rings is 1. The van der Waals surface area contributed by atoms with E-state index in [2.05, 4.69) is 11.8 Å². The van der Waals surface area contributed by atoms with Gasteiger partial charge in [-0.3, -0.25) is 4.79 Å². The molecule has 2 rings (SSSR count). The molecular weight excluding hydrogens is 265 g/mol. The molecule has 0 spiro atoms. The van der Waals surface area contributed by atoms with Gasteiger partial charge in [-0.15, -0.1) is 0 Å². The number of nitrogens with zero attached hydrogens (tertiary/aromatic N) is 1. The van der Waals surface area contributed by atoms with Crippen LogP contribution in [0.3, 0.4) is 0 Å². The number of benzene rings is 1. The molecule has 0 saturated heterocycles. The second kappa shape index (κ2) is 6.32. The van der Waals surface area contributed by atoms with Crippen molar-refractivity contribution >= 4 is 11.3 Å². The quantitative estimate of drug-likeness (QED) is 0.870. The van der Waals surface area contributed by atoms with Gasteiger partial charge in [-0.25, -0.2) is 4.39 Å². The van der Waals surface area contributed by atoms with Gasteiger partial charge in [-0.05, 0) is 17.7 Å². The molecule has 0 atom stereocenters. The lowest BCUT2D eigenvalue weighted by molar-refractivity contribution is 0.305. The fourth-order valence-electron chi connectivity index (χ4n) is 1.61. The van der Waals surface area contributed by atoms with Gasteiger partial charge < -0.3 is 9.67 Å². The summed E-state index contributed by atoms with van der Waals surface area (Å²) in [5.74, 6) is 5.22. The highest BCUT2D eigenvalue weighted by atomic mass is 32.1. The number of rotatable bonds is 3. The number of halogens is 1. The van der Waals surface area contributed by atoms with Crippen LogP contribution in [0.4, 0.5) is 4.39 Å². The van der Waals surface area contributed by atoms with Crippen molar-refractivity contribution in [2.24, 2.45) is 0 Å². The standard InChI is InChI=1S/C14H12FNO2S/c15-13-5-4-12(10-16-6-8-19-14(16)18)11(9-13)3-1-2-7-17/h4-6,8-9,17H,2,7,10H2. The van der Waals surface area contributed by atoms with Gasteiger partial charge in [0.25, 0.3) is 0 Å². The van der Waals surface area contributed by atoms with E-state index in [1.165, 1.54) is 12.1 Å². The summed E-state index contributed by atoms with van der Waals surface area (Å²) in [4.78, 5) is 11.4. The van der Waals surface area contributed by atoms with Gasteiger partial charge in [-0.1, -0.05) is 29.2 Å². The predicted octanol–water partition coefficient (Wildman–Crippen LogP) is 1.83. The van der Waals surface area contributed by atoms with Crippen LogP contribution in [0.15, 0.2) is 34.6 Å². The van der Waals surface area contributed by atoms with E-state index < -0.39 is 0 Å². The topological polar surface area (TPSA) is 42.2 Å². The molecule has 0 aliphatic heterocycles. The Morgan fingerprint density at radius 1 is 1.42 bits per heavy atom. The third-order valence-corrected chi connectivity index (χ3v) is 3.21. The molecule has 0 aliphatic rings. The lowest BCUT2D eigenvalue weighted by Crippen LogP contribution is -2.13. The molecule has 2 aromatic rings. The molecule has 3 nitrogen and oxygen atoms in total. The van der Waals surface area contributed by atoms with Gasteiger partial charge >= 0.3 is 4.87 Å². The molecule has 0 amide bonds. The van der Waals surface area contributed by atoms with Crippen molar-refractivity contribution in [2.45, 2.75) is 13.0 Å². The highest BCUT2D eigenvalue weighted by Crippen LogP contribution is 2.12. The Morgan fingerprint density at radius 3 is 2.95 bits per heavy atom. The molecule has 0 saturated carbocycles. The Labute approximate surface area is 114 Å². The summed E-state index contributed by atoms with van der Waals surface area (Å²) in [5.41, 5.74) is 1.33. The van der Waals surface area contributed by atoms with E-state index in [1.54, 1.807) is 22.2 Å². The van der Waals surface area contributed by atoms with Crippen LogP contribution in [0.25, 0.3) is 0 Å². The number of aliphatic hydroxyl groups is 1. The maximum absolute atomic E-state index is 13.2. The zero-order valence-corrected chi connectivity index (χ0v) is 10.9. The number of aliphatic hydroxyl groups excluding tert-OH is 1. The van der Waals surface area contributed by atoms with Crippen LogP contribution in [0, 0.1) is 17.7 Å². The maximum atomic E-state index is 13.2.